The van der Waals surface area contributed by atoms with Crippen LogP contribution in [0, 0.1) is 13.8 Å². The second-order valence-corrected chi connectivity index (χ2v) is 5.44. The van der Waals surface area contributed by atoms with Crippen LogP contribution >= 0.6 is 11.6 Å². The van der Waals surface area contributed by atoms with Crippen LogP contribution in [0.3, 0.4) is 0 Å². The molecule has 5 heteroatoms. The highest BCUT2D eigenvalue weighted by atomic mass is 35.5. The topological polar surface area (TPSA) is 46.9 Å². The number of carbonyl (C=O) groups excluding carboxylic acids is 1. The Morgan fingerprint density at radius 2 is 2.05 bits per heavy atom. The van der Waals surface area contributed by atoms with Gasteiger partial charge in [-0.2, -0.15) is 5.10 Å². The van der Waals surface area contributed by atoms with E-state index in [0.717, 1.165) is 29.8 Å². The molecule has 0 aliphatic carbocycles. The third-order valence-corrected chi connectivity index (χ3v) is 3.50. The van der Waals surface area contributed by atoms with E-state index in [-0.39, 0.29) is 5.91 Å². The zero-order valence-corrected chi connectivity index (χ0v) is 13.2. The van der Waals surface area contributed by atoms with E-state index >= 15 is 0 Å². The third kappa shape index (κ3) is 4.08. The molecular weight excluding hydrogens is 286 g/mol. The summed E-state index contributed by atoms with van der Waals surface area (Å²) in [7, 11) is 0. The Kier molecular flexibility index (Phi) is 5.39. The van der Waals surface area contributed by atoms with E-state index in [0.29, 0.717) is 18.1 Å². The number of nitrogens with one attached hydrogen (secondary N) is 1. The molecule has 1 aromatic carbocycles. The van der Waals surface area contributed by atoms with Gasteiger partial charge >= 0.3 is 0 Å². The molecule has 0 aliphatic heterocycles. The highest BCUT2D eigenvalue weighted by Crippen LogP contribution is 2.20. The Hall–Kier alpha value is -1.81. The fourth-order valence-corrected chi connectivity index (χ4v) is 2.35. The molecule has 1 aromatic heterocycles. The largest absolute Gasteiger partial charge is 0.311 e. The molecule has 0 unspecified atom stereocenters. The number of aryl methyl sites for hydroxylation is 2. The molecule has 2 rings (SSSR count). The minimum Gasteiger partial charge on any atom is -0.311 e. The zero-order chi connectivity index (χ0) is 15.2. The Balaban J connectivity index is 2.18. The molecule has 112 valence electrons. The van der Waals surface area contributed by atoms with Gasteiger partial charge in [-0.25, -0.2) is 4.68 Å². The number of hydrogen-bond donors (Lipinski definition) is 1. The summed E-state index contributed by atoms with van der Waals surface area (Å²) in [6, 6.07) is 9.85. The smallest absolute Gasteiger partial charge is 0.225 e. The first-order chi connectivity index (χ1) is 10.1. The van der Waals surface area contributed by atoms with Crippen LogP contribution in [0.25, 0.3) is 5.69 Å². The highest BCUT2D eigenvalue weighted by Gasteiger charge is 2.12. The maximum absolute atomic E-state index is 12.0. The van der Waals surface area contributed by atoms with Crippen LogP contribution in [-0.2, 0) is 4.79 Å². The summed E-state index contributed by atoms with van der Waals surface area (Å²) < 4.78 is 1.78. The fraction of sp³-hybridized carbons (Fsp3) is 0.375. The van der Waals surface area contributed by atoms with Gasteiger partial charge < -0.3 is 5.32 Å². The first-order valence-electron chi connectivity index (χ1n) is 7.10. The molecule has 0 atom stereocenters. The molecule has 1 heterocycles. The number of carbonyl (C=O) groups is 1. The number of unbranched alkanes of at least 4 members (excludes halogenated alkanes) is 1. The number of anilines is 1. The van der Waals surface area contributed by atoms with Crippen molar-refractivity contribution in [1.82, 2.24) is 9.78 Å². The van der Waals surface area contributed by atoms with Crippen molar-refractivity contribution in [1.29, 1.82) is 0 Å². The highest BCUT2D eigenvalue weighted by molar-refractivity contribution is 6.17. The van der Waals surface area contributed by atoms with Gasteiger partial charge in [-0.3, -0.25) is 4.79 Å². The molecule has 1 amide bonds. The average Bonchev–Trinajstić information content (AvgIpc) is 2.80. The van der Waals surface area contributed by atoms with Gasteiger partial charge in [0.2, 0.25) is 5.91 Å². The Bertz CT molecular complexity index is 622. The van der Waals surface area contributed by atoms with E-state index in [1.807, 2.05) is 44.2 Å². The lowest BCUT2D eigenvalue weighted by Gasteiger charge is -2.11. The summed E-state index contributed by atoms with van der Waals surface area (Å²) in [6.45, 7) is 3.94. The molecule has 0 spiro atoms. The van der Waals surface area contributed by atoms with Crippen molar-refractivity contribution in [2.24, 2.45) is 0 Å². The number of para-hydroxylation sites is 1. The normalized spacial score (nSPS) is 10.6. The summed E-state index contributed by atoms with van der Waals surface area (Å²) in [5.74, 6) is 1.29. The molecule has 21 heavy (non-hydrogen) atoms. The molecule has 0 radical (unpaired) electrons. The standard InChI is InChI=1S/C16H20ClN3O/c1-12-7-3-4-8-14(12)20-15(11-13(2)19-20)18-16(21)9-5-6-10-17/h3-4,7-8,11H,5-6,9-10H2,1-2H3,(H,18,21). The van der Waals surface area contributed by atoms with Crippen molar-refractivity contribution >= 4 is 23.3 Å². The van der Waals surface area contributed by atoms with Crippen molar-refractivity contribution in [3.8, 4) is 5.69 Å². The maximum Gasteiger partial charge on any atom is 0.225 e. The summed E-state index contributed by atoms with van der Waals surface area (Å²) in [4.78, 5) is 12.0. The molecule has 0 saturated carbocycles. The van der Waals surface area contributed by atoms with Gasteiger partial charge in [-0.15, -0.1) is 11.6 Å². The predicted octanol–water partition coefficient (Wildman–Crippen LogP) is 3.84. The Labute approximate surface area is 130 Å². The Morgan fingerprint density at radius 1 is 1.29 bits per heavy atom. The van der Waals surface area contributed by atoms with Gasteiger partial charge in [-0.05, 0) is 38.3 Å². The second-order valence-electron chi connectivity index (χ2n) is 5.06. The molecule has 4 nitrogen and oxygen atoms in total. The Morgan fingerprint density at radius 3 is 2.76 bits per heavy atom. The first kappa shape index (κ1) is 15.6. The molecule has 1 N–H and O–H groups in total. The number of amides is 1. The number of benzene rings is 1. The summed E-state index contributed by atoms with van der Waals surface area (Å²) in [5, 5.41) is 7.41. The quantitative estimate of drug-likeness (QED) is 0.651. The van der Waals surface area contributed by atoms with E-state index < -0.39 is 0 Å². The van der Waals surface area contributed by atoms with E-state index in [1.54, 1.807) is 4.68 Å². The van der Waals surface area contributed by atoms with Crippen molar-refractivity contribution in [3.63, 3.8) is 0 Å². The number of rotatable bonds is 6. The monoisotopic (exact) mass is 305 g/mol. The minimum absolute atomic E-state index is 0.00477. The molecule has 2 aromatic rings. The van der Waals surface area contributed by atoms with Gasteiger partial charge in [0, 0.05) is 18.4 Å². The van der Waals surface area contributed by atoms with Crippen molar-refractivity contribution < 1.29 is 4.79 Å². The number of hydrogen-bond acceptors (Lipinski definition) is 2. The number of alkyl halides is 1. The molecule has 0 aliphatic rings. The SMILES string of the molecule is Cc1cc(NC(=O)CCCCCl)n(-c2ccccc2C)n1. The molecule has 0 bridgehead atoms. The maximum atomic E-state index is 12.0. The van der Waals surface area contributed by atoms with Crippen molar-refractivity contribution in [2.75, 3.05) is 11.2 Å². The van der Waals surface area contributed by atoms with E-state index in [4.69, 9.17) is 11.6 Å². The van der Waals surface area contributed by atoms with Crippen molar-refractivity contribution in [2.45, 2.75) is 33.1 Å². The van der Waals surface area contributed by atoms with Crippen molar-refractivity contribution in [3.05, 3.63) is 41.6 Å². The number of aromatic nitrogens is 2. The predicted molar refractivity (Wildman–Crippen MR) is 86.2 cm³/mol. The van der Waals surface area contributed by atoms with Crippen LogP contribution in [0.2, 0.25) is 0 Å². The number of nitrogens with zero attached hydrogens (tertiary/aromatic N) is 2. The second kappa shape index (κ2) is 7.27. The lowest BCUT2D eigenvalue weighted by Crippen LogP contribution is -2.15. The van der Waals surface area contributed by atoms with Crippen LogP contribution < -0.4 is 5.32 Å². The lowest BCUT2D eigenvalue weighted by atomic mass is 10.2. The lowest BCUT2D eigenvalue weighted by molar-refractivity contribution is -0.116. The minimum atomic E-state index is -0.00477. The molecule has 0 fully saturated rings. The van der Waals surface area contributed by atoms with E-state index in [9.17, 15) is 4.79 Å². The number of halogens is 1. The summed E-state index contributed by atoms with van der Waals surface area (Å²) >= 11 is 5.63. The summed E-state index contributed by atoms with van der Waals surface area (Å²) in [6.07, 6.45) is 2.13. The molecular formula is C16H20ClN3O. The van der Waals surface area contributed by atoms with Gasteiger partial charge in [0.15, 0.2) is 0 Å². The van der Waals surface area contributed by atoms with Gasteiger partial charge in [0.05, 0.1) is 11.4 Å². The van der Waals surface area contributed by atoms with Gasteiger partial charge in [-0.1, -0.05) is 18.2 Å². The van der Waals surface area contributed by atoms with Gasteiger partial charge in [0.25, 0.3) is 0 Å². The van der Waals surface area contributed by atoms with Crippen LogP contribution in [0.4, 0.5) is 5.82 Å². The fourth-order valence-electron chi connectivity index (χ4n) is 2.16. The van der Waals surface area contributed by atoms with E-state index in [2.05, 4.69) is 10.4 Å². The van der Waals surface area contributed by atoms with Crippen LogP contribution in [0.15, 0.2) is 30.3 Å². The van der Waals surface area contributed by atoms with Gasteiger partial charge in [0.1, 0.15) is 5.82 Å². The average molecular weight is 306 g/mol. The summed E-state index contributed by atoms with van der Waals surface area (Å²) in [5.41, 5.74) is 2.95. The first-order valence-corrected chi connectivity index (χ1v) is 7.63. The zero-order valence-electron chi connectivity index (χ0n) is 12.4. The van der Waals surface area contributed by atoms with E-state index in [1.165, 1.54) is 0 Å². The third-order valence-electron chi connectivity index (χ3n) is 3.23. The van der Waals surface area contributed by atoms with Crippen LogP contribution in [0.5, 0.6) is 0 Å². The van der Waals surface area contributed by atoms with Crippen LogP contribution in [0.1, 0.15) is 30.5 Å². The van der Waals surface area contributed by atoms with Crippen LogP contribution in [-0.4, -0.2) is 21.6 Å². The molecule has 0 saturated heterocycles.